The molecule has 0 bridgehead atoms. The second kappa shape index (κ2) is 5.25. The molecule has 16 heavy (non-hydrogen) atoms. The van der Waals surface area contributed by atoms with Crippen molar-refractivity contribution in [1.29, 1.82) is 0 Å². The molecule has 0 aliphatic heterocycles. The normalized spacial score (nSPS) is 14.6. The monoisotopic (exact) mass is 233 g/mol. The van der Waals surface area contributed by atoms with Gasteiger partial charge < -0.3 is 10.8 Å². The number of rotatable bonds is 4. The van der Waals surface area contributed by atoms with Crippen LogP contribution >= 0.6 is 11.3 Å². The van der Waals surface area contributed by atoms with E-state index in [4.69, 9.17) is 5.73 Å². The van der Waals surface area contributed by atoms with Gasteiger partial charge in [0.15, 0.2) is 0 Å². The quantitative estimate of drug-likeness (QED) is 0.851. The van der Waals surface area contributed by atoms with Gasteiger partial charge in [-0.25, -0.2) is 0 Å². The highest BCUT2D eigenvalue weighted by atomic mass is 32.1. The molecular weight excluding hydrogens is 218 g/mol. The van der Waals surface area contributed by atoms with Gasteiger partial charge in [-0.3, -0.25) is 0 Å². The van der Waals surface area contributed by atoms with Crippen LogP contribution in [0.4, 0.5) is 0 Å². The van der Waals surface area contributed by atoms with Crippen LogP contribution in [0.5, 0.6) is 0 Å². The molecular formula is C13H15NOS. The zero-order valence-electron chi connectivity index (χ0n) is 8.91. The van der Waals surface area contributed by atoms with Crippen LogP contribution < -0.4 is 5.73 Å². The van der Waals surface area contributed by atoms with Crippen LogP contribution in [0.15, 0.2) is 47.2 Å². The van der Waals surface area contributed by atoms with E-state index < -0.39 is 6.10 Å². The fraction of sp³-hybridized carbons (Fsp3) is 0.231. The van der Waals surface area contributed by atoms with Gasteiger partial charge in [-0.05, 0) is 34.4 Å². The minimum absolute atomic E-state index is 0.253. The molecule has 0 fully saturated rings. The van der Waals surface area contributed by atoms with Crippen LogP contribution in [0, 0.1) is 0 Å². The second-order valence-corrected chi connectivity index (χ2v) is 4.64. The van der Waals surface area contributed by atoms with E-state index in [9.17, 15) is 5.11 Å². The fourth-order valence-corrected chi connectivity index (χ4v) is 2.38. The smallest absolute Gasteiger partial charge is 0.0952 e. The molecule has 1 aromatic heterocycles. The maximum atomic E-state index is 10.0. The summed E-state index contributed by atoms with van der Waals surface area (Å²) in [5.74, 6) is 0. The molecule has 2 rings (SSSR count). The van der Waals surface area contributed by atoms with Gasteiger partial charge in [-0.2, -0.15) is 11.3 Å². The average Bonchev–Trinajstić information content (AvgIpc) is 2.83. The molecule has 0 radical (unpaired) electrons. The number of hydrogen-bond acceptors (Lipinski definition) is 3. The Labute approximate surface area is 99.4 Å². The lowest BCUT2D eigenvalue weighted by Crippen LogP contribution is -2.30. The molecule has 0 spiro atoms. The molecule has 0 amide bonds. The van der Waals surface area contributed by atoms with Crippen LogP contribution in [-0.2, 0) is 6.42 Å². The van der Waals surface area contributed by atoms with Crippen LogP contribution in [0.25, 0.3) is 0 Å². The molecule has 0 saturated carbocycles. The summed E-state index contributed by atoms with van der Waals surface area (Å²) in [6.45, 7) is 0. The Morgan fingerprint density at radius 1 is 1.19 bits per heavy atom. The number of aliphatic hydroxyl groups is 1. The maximum absolute atomic E-state index is 10.0. The third kappa shape index (κ3) is 2.70. The van der Waals surface area contributed by atoms with Crippen molar-refractivity contribution in [3.63, 3.8) is 0 Å². The summed E-state index contributed by atoms with van der Waals surface area (Å²) in [6.07, 6.45) is 0.115. The average molecular weight is 233 g/mol. The Bertz CT molecular complexity index is 413. The van der Waals surface area contributed by atoms with Crippen molar-refractivity contribution in [2.45, 2.75) is 18.6 Å². The molecule has 3 heteroatoms. The maximum Gasteiger partial charge on any atom is 0.0952 e. The van der Waals surface area contributed by atoms with E-state index in [1.807, 2.05) is 47.2 Å². The Balaban J connectivity index is 2.01. The van der Waals surface area contributed by atoms with E-state index in [0.29, 0.717) is 6.42 Å². The Morgan fingerprint density at radius 2 is 1.94 bits per heavy atom. The summed E-state index contributed by atoms with van der Waals surface area (Å²) in [7, 11) is 0. The first-order chi connectivity index (χ1) is 7.77. The van der Waals surface area contributed by atoms with Gasteiger partial charge in [0.2, 0.25) is 0 Å². The van der Waals surface area contributed by atoms with Crippen molar-refractivity contribution in [1.82, 2.24) is 0 Å². The van der Waals surface area contributed by atoms with Crippen molar-refractivity contribution in [3.8, 4) is 0 Å². The van der Waals surface area contributed by atoms with Crippen LogP contribution in [-0.4, -0.2) is 11.1 Å². The van der Waals surface area contributed by atoms with Gasteiger partial charge in [-0.15, -0.1) is 0 Å². The lowest BCUT2D eigenvalue weighted by Gasteiger charge is -2.17. The summed E-state index contributed by atoms with van der Waals surface area (Å²) in [5, 5.41) is 13.9. The van der Waals surface area contributed by atoms with Crippen molar-refractivity contribution in [3.05, 3.63) is 58.3 Å². The van der Waals surface area contributed by atoms with E-state index in [1.54, 1.807) is 11.3 Å². The number of aliphatic hydroxyl groups excluding tert-OH is 1. The molecule has 2 unspecified atom stereocenters. The van der Waals surface area contributed by atoms with Gasteiger partial charge >= 0.3 is 0 Å². The summed E-state index contributed by atoms with van der Waals surface area (Å²) in [4.78, 5) is 0. The number of nitrogens with two attached hydrogens (primary N) is 1. The molecule has 0 aliphatic rings. The molecule has 2 atom stereocenters. The lowest BCUT2D eigenvalue weighted by molar-refractivity contribution is 0.146. The summed E-state index contributed by atoms with van der Waals surface area (Å²) in [5.41, 5.74) is 8.06. The first-order valence-corrected chi connectivity index (χ1v) is 6.21. The number of thiophene rings is 1. The van der Waals surface area contributed by atoms with Gasteiger partial charge in [0, 0.05) is 6.04 Å². The van der Waals surface area contributed by atoms with Crippen LogP contribution in [0.1, 0.15) is 17.2 Å². The van der Waals surface area contributed by atoms with Crippen LogP contribution in [0.3, 0.4) is 0 Å². The molecule has 2 aromatic rings. The standard InChI is InChI=1S/C13H15NOS/c14-12(8-10-4-2-1-3-5-10)13(15)11-6-7-16-9-11/h1-7,9,12-13,15H,8,14H2. The first-order valence-electron chi connectivity index (χ1n) is 5.27. The lowest BCUT2D eigenvalue weighted by atomic mass is 9.99. The number of benzene rings is 1. The third-order valence-electron chi connectivity index (χ3n) is 2.60. The zero-order chi connectivity index (χ0) is 11.4. The predicted molar refractivity (Wildman–Crippen MR) is 67.4 cm³/mol. The Kier molecular flexibility index (Phi) is 3.72. The molecule has 0 aliphatic carbocycles. The molecule has 1 aromatic carbocycles. The van der Waals surface area contributed by atoms with Crippen molar-refractivity contribution >= 4 is 11.3 Å². The fourth-order valence-electron chi connectivity index (χ4n) is 1.69. The second-order valence-electron chi connectivity index (χ2n) is 3.86. The van der Waals surface area contributed by atoms with Crippen molar-refractivity contribution in [2.24, 2.45) is 5.73 Å². The van der Waals surface area contributed by atoms with Gasteiger partial charge in [0.05, 0.1) is 6.10 Å². The largest absolute Gasteiger partial charge is 0.387 e. The molecule has 1 heterocycles. The highest BCUT2D eigenvalue weighted by Crippen LogP contribution is 2.20. The van der Waals surface area contributed by atoms with Gasteiger partial charge in [0.1, 0.15) is 0 Å². The molecule has 3 N–H and O–H groups in total. The van der Waals surface area contributed by atoms with E-state index in [-0.39, 0.29) is 6.04 Å². The van der Waals surface area contributed by atoms with Gasteiger partial charge in [-0.1, -0.05) is 30.3 Å². The highest BCUT2D eigenvalue weighted by Gasteiger charge is 2.17. The summed E-state index contributed by atoms with van der Waals surface area (Å²) >= 11 is 1.58. The predicted octanol–water partition coefficient (Wildman–Crippen LogP) is 2.35. The van der Waals surface area contributed by atoms with E-state index in [0.717, 1.165) is 11.1 Å². The minimum atomic E-state index is -0.577. The zero-order valence-corrected chi connectivity index (χ0v) is 9.73. The van der Waals surface area contributed by atoms with E-state index in [2.05, 4.69) is 0 Å². The Hall–Kier alpha value is -1.16. The summed E-state index contributed by atoms with van der Waals surface area (Å²) < 4.78 is 0. The molecule has 0 saturated heterocycles. The van der Waals surface area contributed by atoms with E-state index in [1.165, 1.54) is 0 Å². The first kappa shape index (κ1) is 11.3. The molecule has 84 valence electrons. The topological polar surface area (TPSA) is 46.2 Å². The third-order valence-corrected chi connectivity index (χ3v) is 3.31. The highest BCUT2D eigenvalue weighted by molar-refractivity contribution is 7.07. The molecule has 2 nitrogen and oxygen atoms in total. The minimum Gasteiger partial charge on any atom is -0.387 e. The summed E-state index contributed by atoms with van der Waals surface area (Å²) in [6, 6.07) is 11.7. The van der Waals surface area contributed by atoms with E-state index >= 15 is 0 Å². The van der Waals surface area contributed by atoms with Crippen LogP contribution in [0.2, 0.25) is 0 Å². The van der Waals surface area contributed by atoms with Gasteiger partial charge in [0.25, 0.3) is 0 Å². The Morgan fingerprint density at radius 3 is 2.56 bits per heavy atom. The SMILES string of the molecule is NC(Cc1ccccc1)C(O)c1ccsc1. The van der Waals surface area contributed by atoms with Crippen molar-refractivity contribution < 1.29 is 5.11 Å². The van der Waals surface area contributed by atoms with Crippen molar-refractivity contribution in [2.75, 3.05) is 0 Å². The number of hydrogen-bond donors (Lipinski definition) is 2.